The van der Waals surface area contributed by atoms with Crippen molar-refractivity contribution < 1.29 is 14.3 Å². The summed E-state index contributed by atoms with van der Waals surface area (Å²) in [6.45, 7) is 4.72. The molecule has 0 bridgehead atoms. The van der Waals surface area contributed by atoms with Gasteiger partial charge in [-0.05, 0) is 55.4 Å². The molecule has 2 aromatic rings. The number of nitrogens with zero attached hydrogens (tertiary/aromatic N) is 4. The highest BCUT2D eigenvalue weighted by Crippen LogP contribution is 2.41. The molecule has 2 aliphatic heterocycles. The minimum absolute atomic E-state index is 0.106. The van der Waals surface area contributed by atoms with Crippen molar-refractivity contribution in [3.05, 3.63) is 66.1 Å². The van der Waals surface area contributed by atoms with Crippen LogP contribution in [0.4, 0.5) is 17.1 Å². The second-order valence-corrected chi connectivity index (χ2v) is 10.4. The fourth-order valence-electron chi connectivity index (χ4n) is 4.03. The van der Waals surface area contributed by atoms with Crippen LogP contribution in [0.25, 0.3) is 0 Å². The summed E-state index contributed by atoms with van der Waals surface area (Å²) in [5.74, 6) is 1.15. The van der Waals surface area contributed by atoms with Gasteiger partial charge < -0.3 is 29.9 Å². The molecular weight excluding hydrogens is 500 g/mol. The Bertz CT molecular complexity index is 1290. The second kappa shape index (κ2) is 12.2. The Morgan fingerprint density at radius 1 is 1.16 bits per heavy atom. The molecule has 2 aliphatic rings. The van der Waals surface area contributed by atoms with Gasteiger partial charge in [0.25, 0.3) is 0 Å². The lowest BCUT2D eigenvalue weighted by Crippen LogP contribution is -2.29. The highest BCUT2D eigenvalue weighted by atomic mass is 32.2. The lowest BCUT2D eigenvalue weighted by atomic mass is 9.99. The number of thioether (sulfide) groups is 1. The van der Waals surface area contributed by atoms with Crippen LogP contribution >= 0.6 is 11.8 Å². The van der Waals surface area contributed by atoms with Gasteiger partial charge in [0.05, 0.1) is 35.5 Å². The number of methoxy groups -OCH3 is 1. The predicted octanol–water partition coefficient (Wildman–Crippen LogP) is 4.42. The van der Waals surface area contributed by atoms with E-state index in [0.29, 0.717) is 42.0 Å². The van der Waals surface area contributed by atoms with Crippen LogP contribution in [0.15, 0.2) is 70.5 Å². The smallest absolute Gasteiger partial charge is 0.247 e. The molecule has 38 heavy (non-hydrogen) atoms. The van der Waals surface area contributed by atoms with Crippen molar-refractivity contribution in [2.24, 2.45) is 9.98 Å². The number of rotatable bonds is 10. The van der Waals surface area contributed by atoms with Crippen LogP contribution < -0.4 is 25.0 Å². The first kappa shape index (κ1) is 27.3. The molecule has 0 radical (unpaired) electrons. The zero-order chi connectivity index (χ0) is 27.2. The molecule has 2 atom stereocenters. The lowest BCUT2D eigenvalue weighted by molar-refractivity contribution is -0.111. The highest BCUT2D eigenvalue weighted by Gasteiger charge is 2.33. The van der Waals surface area contributed by atoms with Gasteiger partial charge in [0.15, 0.2) is 0 Å². The average molecular weight is 535 g/mol. The second-order valence-electron chi connectivity index (χ2n) is 9.30. The molecule has 0 saturated heterocycles. The van der Waals surface area contributed by atoms with E-state index in [9.17, 15) is 4.79 Å². The third-order valence-electron chi connectivity index (χ3n) is 6.05. The predicted molar refractivity (Wildman–Crippen MR) is 158 cm³/mol. The number of hydrogen-bond acceptors (Lipinski definition) is 9. The Kier molecular flexibility index (Phi) is 8.75. The number of benzene rings is 2. The number of allylic oxidation sites excluding steroid dienone is 1. The number of guanidine groups is 1. The van der Waals surface area contributed by atoms with Crippen LogP contribution in [0.5, 0.6) is 11.5 Å². The number of anilines is 3. The summed E-state index contributed by atoms with van der Waals surface area (Å²) in [6.07, 6.45) is 3.25. The number of hydrogen-bond donors (Lipinski definition) is 2. The maximum atomic E-state index is 12.2. The molecule has 2 heterocycles. The van der Waals surface area contributed by atoms with Crippen LogP contribution in [0.2, 0.25) is 0 Å². The van der Waals surface area contributed by atoms with E-state index in [4.69, 9.17) is 19.5 Å². The highest BCUT2D eigenvalue weighted by molar-refractivity contribution is 8.04. The number of aliphatic imine (C=N–C) groups is 2. The summed E-state index contributed by atoms with van der Waals surface area (Å²) in [7, 11) is 9.57. The fraction of sp³-hybridized carbons (Fsp3) is 0.321. The summed E-state index contributed by atoms with van der Waals surface area (Å²) < 4.78 is 11.6. The minimum Gasteiger partial charge on any atom is -0.494 e. The first-order valence-corrected chi connectivity index (χ1v) is 13.2. The Labute approximate surface area is 228 Å². The van der Waals surface area contributed by atoms with Crippen molar-refractivity contribution >= 4 is 46.4 Å². The van der Waals surface area contributed by atoms with Gasteiger partial charge >= 0.3 is 0 Å². The molecule has 2 N–H and O–H groups in total. The maximum Gasteiger partial charge on any atom is 0.247 e. The number of carbonyl (C=O) groups is 1. The van der Waals surface area contributed by atoms with E-state index in [1.165, 1.54) is 6.08 Å². The topological polar surface area (TPSA) is 90.8 Å². The van der Waals surface area contributed by atoms with Gasteiger partial charge in [-0.3, -0.25) is 4.79 Å². The number of carbonyl (C=O) groups excluding carboxylic acids is 1. The molecule has 200 valence electrons. The summed E-state index contributed by atoms with van der Waals surface area (Å²) in [6, 6.07) is 11.8. The lowest BCUT2D eigenvalue weighted by Gasteiger charge is -2.26. The van der Waals surface area contributed by atoms with E-state index in [2.05, 4.69) is 51.8 Å². The van der Waals surface area contributed by atoms with E-state index >= 15 is 0 Å². The Balaban J connectivity index is 1.68. The Morgan fingerprint density at radius 2 is 1.97 bits per heavy atom. The summed E-state index contributed by atoms with van der Waals surface area (Å²) >= 11 is 1.72. The maximum absolute atomic E-state index is 12.2. The zero-order valence-electron chi connectivity index (χ0n) is 22.4. The van der Waals surface area contributed by atoms with E-state index in [-0.39, 0.29) is 17.2 Å². The third-order valence-corrected chi connectivity index (χ3v) is 7.14. The van der Waals surface area contributed by atoms with Gasteiger partial charge in [-0.25, -0.2) is 9.98 Å². The van der Waals surface area contributed by atoms with Gasteiger partial charge in [0.1, 0.15) is 18.1 Å². The first-order chi connectivity index (χ1) is 18.3. The zero-order valence-corrected chi connectivity index (χ0v) is 23.2. The van der Waals surface area contributed by atoms with Crippen molar-refractivity contribution in [2.75, 3.05) is 64.0 Å². The van der Waals surface area contributed by atoms with Crippen molar-refractivity contribution in [1.82, 2.24) is 4.90 Å². The first-order valence-electron chi connectivity index (χ1n) is 12.2. The third kappa shape index (κ3) is 6.38. The van der Waals surface area contributed by atoms with Gasteiger partial charge in [-0.15, -0.1) is 11.8 Å². The molecule has 0 saturated carbocycles. The summed E-state index contributed by atoms with van der Waals surface area (Å²) in [5.41, 5.74) is 4.27. The molecule has 2 aromatic carbocycles. The van der Waals surface area contributed by atoms with E-state index < -0.39 is 0 Å². The number of ether oxygens (including phenoxy) is 2. The quantitative estimate of drug-likeness (QED) is 0.436. The van der Waals surface area contributed by atoms with Gasteiger partial charge in [-0.2, -0.15) is 0 Å². The van der Waals surface area contributed by atoms with Crippen LogP contribution in [0, 0.1) is 0 Å². The molecule has 0 fully saturated rings. The minimum atomic E-state index is -0.342. The Hall–Kier alpha value is -3.76. The number of fused-ring (bicyclic) bond motifs is 1. The van der Waals surface area contributed by atoms with Gasteiger partial charge in [0, 0.05) is 32.4 Å². The number of likely N-dealkylation sites (N-methyl/N-ethyl adjacent to an activating group) is 1. The van der Waals surface area contributed by atoms with Crippen molar-refractivity contribution in [1.29, 1.82) is 0 Å². The molecule has 0 aromatic heterocycles. The Morgan fingerprint density at radius 3 is 2.68 bits per heavy atom. The molecule has 9 nitrogen and oxygen atoms in total. The van der Waals surface area contributed by atoms with Crippen LogP contribution in [-0.4, -0.2) is 76.2 Å². The molecule has 0 spiro atoms. The molecule has 10 heteroatoms. The van der Waals surface area contributed by atoms with Crippen molar-refractivity contribution in [2.45, 2.75) is 11.3 Å². The molecule has 1 amide bonds. The molecule has 2 unspecified atom stereocenters. The molecule has 0 aliphatic carbocycles. The SMILES string of the molecule is C=CC(=O)Nc1cc(NC2=NC(c3cccc(N(C)C)c3)C3SC=CC3=N2)c(OC)cc1OCCN(C)C. The van der Waals surface area contributed by atoms with E-state index in [1.54, 1.807) is 31.0 Å². The molecule has 4 rings (SSSR count). The van der Waals surface area contributed by atoms with Crippen LogP contribution in [0.1, 0.15) is 11.6 Å². The monoisotopic (exact) mass is 534 g/mol. The number of amides is 1. The van der Waals surface area contributed by atoms with Crippen LogP contribution in [-0.2, 0) is 4.79 Å². The van der Waals surface area contributed by atoms with Crippen molar-refractivity contribution in [3.8, 4) is 11.5 Å². The van der Waals surface area contributed by atoms with Crippen LogP contribution in [0.3, 0.4) is 0 Å². The summed E-state index contributed by atoms with van der Waals surface area (Å²) in [5, 5.41) is 8.33. The normalized spacial score (nSPS) is 17.8. The van der Waals surface area contributed by atoms with E-state index in [1.807, 2.05) is 39.2 Å². The van der Waals surface area contributed by atoms with Gasteiger partial charge in [-0.1, -0.05) is 18.7 Å². The molecular formula is C28H34N6O3S. The van der Waals surface area contributed by atoms with Crippen molar-refractivity contribution in [3.63, 3.8) is 0 Å². The van der Waals surface area contributed by atoms with E-state index in [0.717, 1.165) is 17.0 Å². The average Bonchev–Trinajstić information content (AvgIpc) is 3.37. The fourth-order valence-corrected chi connectivity index (χ4v) is 5.05. The largest absolute Gasteiger partial charge is 0.494 e. The van der Waals surface area contributed by atoms with Gasteiger partial charge in [0.2, 0.25) is 11.9 Å². The summed E-state index contributed by atoms with van der Waals surface area (Å²) in [4.78, 5) is 26.1. The number of nitrogens with one attached hydrogen (secondary N) is 2. The standard InChI is InChI=1S/C28H34N6O3S/c1-7-25(35)29-22-16-21(23(36-6)17-24(22)37-13-12-33(2)3)31-28-30-20-11-14-38-27(20)26(32-28)18-9-8-10-19(15-18)34(4)5/h7-11,14-17,26-27H,1,12-13H2,2-6H3,(H,29,35)(H,31,32).